The summed E-state index contributed by atoms with van der Waals surface area (Å²) >= 11 is 0. The molecule has 1 atom stereocenters. The Bertz CT molecular complexity index is 1090. The predicted molar refractivity (Wildman–Crippen MR) is 104 cm³/mol. The Morgan fingerprint density at radius 3 is 2.48 bits per heavy atom. The van der Waals surface area contributed by atoms with Gasteiger partial charge in [-0.2, -0.15) is 26.3 Å². The molecule has 2 aromatic heterocycles. The van der Waals surface area contributed by atoms with Crippen LogP contribution in [0.3, 0.4) is 0 Å². The van der Waals surface area contributed by atoms with Gasteiger partial charge in [0.15, 0.2) is 0 Å². The first kappa shape index (κ1) is 24.3. The number of hydrogen-bond acceptors (Lipinski definition) is 5. The van der Waals surface area contributed by atoms with Crippen LogP contribution in [0.4, 0.5) is 32.2 Å². The van der Waals surface area contributed by atoms with E-state index in [2.05, 4.69) is 10.5 Å². The van der Waals surface area contributed by atoms with E-state index in [1.165, 1.54) is 13.0 Å². The zero-order chi connectivity index (χ0) is 24.4. The number of nitrogens with zero attached hydrogens (tertiary/aromatic N) is 2. The Kier molecular flexibility index (Phi) is 6.81. The van der Waals surface area contributed by atoms with Crippen LogP contribution in [0.2, 0.25) is 0 Å². The number of carbonyl (C=O) groups excluding carboxylic acids is 1. The van der Waals surface area contributed by atoms with Crippen LogP contribution in [-0.4, -0.2) is 29.0 Å². The van der Waals surface area contributed by atoms with E-state index in [1.807, 2.05) is 4.98 Å². The molecule has 0 bridgehead atoms. The summed E-state index contributed by atoms with van der Waals surface area (Å²) in [5.41, 5.74) is -1.04. The fourth-order valence-corrected chi connectivity index (χ4v) is 3.05. The molecule has 0 aliphatic carbocycles. The lowest BCUT2D eigenvalue weighted by molar-refractivity contribution is -0.139. The molecule has 0 unspecified atom stereocenters. The molecule has 3 rings (SSSR count). The lowest BCUT2D eigenvalue weighted by atomic mass is 10.1. The highest BCUT2D eigenvalue weighted by atomic mass is 19.4. The smallest absolute Gasteiger partial charge is 0.353 e. The van der Waals surface area contributed by atoms with Gasteiger partial charge in [0.2, 0.25) is 0 Å². The molecule has 13 heteroatoms. The van der Waals surface area contributed by atoms with E-state index in [-0.39, 0.29) is 18.5 Å². The number of anilines is 1. The Morgan fingerprint density at radius 1 is 1.21 bits per heavy atom. The van der Waals surface area contributed by atoms with Gasteiger partial charge >= 0.3 is 12.4 Å². The van der Waals surface area contributed by atoms with Crippen molar-refractivity contribution >= 4 is 11.7 Å². The number of rotatable bonds is 5. The molecule has 1 aliphatic heterocycles. The van der Waals surface area contributed by atoms with Gasteiger partial charge in [-0.1, -0.05) is 6.08 Å². The quantitative estimate of drug-likeness (QED) is 0.507. The summed E-state index contributed by atoms with van der Waals surface area (Å²) in [6.07, 6.45) is -6.74. The second-order valence-electron chi connectivity index (χ2n) is 7.19. The maximum Gasteiger partial charge on any atom is 0.421 e. The largest absolute Gasteiger partial charge is 0.421 e. The average Bonchev–Trinajstić information content (AvgIpc) is 2.76. The Morgan fingerprint density at radius 2 is 1.94 bits per heavy atom. The fraction of sp³-hybridized carbons (Fsp3) is 0.350. The van der Waals surface area contributed by atoms with Crippen LogP contribution in [-0.2, 0) is 22.0 Å². The maximum absolute atomic E-state index is 12.9. The summed E-state index contributed by atoms with van der Waals surface area (Å²) in [4.78, 5) is 36.3. The number of pyridine rings is 2. The summed E-state index contributed by atoms with van der Waals surface area (Å²) in [6, 6.07) is 2.81. The van der Waals surface area contributed by atoms with Crippen LogP contribution in [0.5, 0.6) is 0 Å². The second-order valence-corrected chi connectivity index (χ2v) is 7.19. The van der Waals surface area contributed by atoms with Crippen molar-refractivity contribution in [1.29, 1.82) is 0 Å². The van der Waals surface area contributed by atoms with Gasteiger partial charge in [0.05, 0.1) is 5.56 Å². The monoisotopic (exact) mass is 476 g/mol. The average molecular weight is 476 g/mol. The SMILES string of the molecule is C[C@@H](ONC(=O)C1=CCN(c2ccc(C(F)(F)F)cn2)CC1)c1c[nH]c(=O)c(C(F)(F)F)c1. The lowest BCUT2D eigenvalue weighted by Crippen LogP contribution is -2.34. The van der Waals surface area contributed by atoms with E-state index in [4.69, 9.17) is 4.84 Å². The van der Waals surface area contributed by atoms with Crippen molar-refractivity contribution < 1.29 is 36.0 Å². The standard InChI is InChI=1S/C20H18F6N4O3/c1-11(13-8-15(20(24,25)26)18(32)28-9-13)33-29-17(31)12-4-6-30(7-5-12)16-3-2-14(10-27-16)19(21,22)23/h2-4,8-11H,5-7H2,1H3,(H,28,32)(H,29,31)/t11-/m1/s1. The van der Waals surface area contributed by atoms with Crippen molar-refractivity contribution in [2.45, 2.75) is 31.8 Å². The van der Waals surface area contributed by atoms with Gasteiger partial charge in [-0.25, -0.2) is 10.5 Å². The van der Waals surface area contributed by atoms with Crippen LogP contribution in [0, 0.1) is 0 Å². The van der Waals surface area contributed by atoms with Gasteiger partial charge in [0, 0.05) is 36.6 Å². The summed E-state index contributed by atoms with van der Waals surface area (Å²) in [7, 11) is 0. The van der Waals surface area contributed by atoms with Gasteiger partial charge in [-0.15, -0.1) is 0 Å². The fourth-order valence-electron chi connectivity index (χ4n) is 3.05. The highest BCUT2D eigenvalue weighted by molar-refractivity contribution is 5.93. The van der Waals surface area contributed by atoms with E-state index < -0.39 is 41.0 Å². The molecule has 0 saturated heterocycles. The summed E-state index contributed by atoms with van der Waals surface area (Å²) in [6.45, 7) is 1.91. The van der Waals surface area contributed by atoms with Crippen LogP contribution >= 0.6 is 0 Å². The number of nitrogens with one attached hydrogen (secondary N) is 2. The third-order valence-electron chi connectivity index (χ3n) is 4.93. The molecule has 2 aromatic rings. The molecular weight excluding hydrogens is 458 g/mol. The number of amides is 1. The van der Waals surface area contributed by atoms with Crippen molar-refractivity contribution in [3.05, 3.63) is 69.3 Å². The minimum absolute atomic E-state index is 0.000554. The first-order valence-electron chi connectivity index (χ1n) is 9.59. The summed E-state index contributed by atoms with van der Waals surface area (Å²) in [5.74, 6) is -0.288. The van der Waals surface area contributed by atoms with Crippen molar-refractivity contribution in [2.24, 2.45) is 0 Å². The summed E-state index contributed by atoms with van der Waals surface area (Å²) < 4.78 is 76.6. The van der Waals surface area contributed by atoms with E-state index in [0.717, 1.165) is 18.5 Å². The minimum atomic E-state index is -4.84. The zero-order valence-corrected chi connectivity index (χ0v) is 17.0. The molecule has 0 spiro atoms. The molecule has 0 aromatic carbocycles. The highest BCUT2D eigenvalue weighted by Gasteiger charge is 2.34. The Balaban J connectivity index is 1.57. The number of H-pyrrole nitrogens is 1. The van der Waals surface area contributed by atoms with Crippen LogP contribution in [0.1, 0.15) is 36.1 Å². The van der Waals surface area contributed by atoms with Crippen molar-refractivity contribution in [3.63, 3.8) is 0 Å². The zero-order valence-electron chi connectivity index (χ0n) is 17.0. The first-order chi connectivity index (χ1) is 15.4. The van der Waals surface area contributed by atoms with Crippen LogP contribution < -0.4 is 15.9 Å². The molecule has 1 aliphatic rings. The lowest BCUT2D eigenvalue weighted by Gasteiger charge is -2.27. The highest BCUT2D eigenvalue weighted by Crippen LogP contribution is 2.30. The number of carbonyl (C=O) groups is 1. The first-order valence-corrected chi connectivity index (χ1v) is 9.59. The number of hydroxylamine groups is 1. The van der Waals surface area contributed by atoms with Crippen molar-refractivity contribution in [1.82, 2.24) is 15.4 Å². The molecule has 178 valence electrons. The Hall–Kier alpha value is -3.35. The molecule has 1 amide bonds. The normalized spacial score (nSPS) is 15.7. The third-order valence-corrected chi connectivity index (χ3v) is 4.93. The summed E-state index contributed by atoms with van der Waals surface area (Å²) in [5, 5.41) is 0. The third kappa shape index (κ3) is 5.92. The van der Waals surface area contributed by atoms with Crippen molar-refractivity contribution in [2.75, 3.05) is 18.0 Å². The van der Waals surface area contributed by atoms with Gasteiger partial charge in [0.1, 0.15) is 17.5 Å². The van der Waals surface area contributed by atoms with E-state index >= 15 is 0 Å². The molecule has 2 N–H and O–H groups in total. The topological polar surface area (TPSA) is 87.3 Å². The number of aromatic nitrogens is 2. The van der Waals surface area contributed by atoms with Gasteiger partial charge in [-0.05, 0) is 31.5 Å². The van der Waals surface area contributed by atoms with Crippen molar-refractivity contribution in [3.8, 4) is 0 Å². The molecule has 0 saturated carbocycles. The van der Waals surface area contributed by atoms with E-state index in [9.17, 15) is 35.9 Å². The molecule has 0 radical (unpaired) electrons. The number of alkyl halides is 6. The predicted octanol–water partition coefficient (Wildman–Crippen LogP) is 3.75. The van der Waals surface area contributed by atoms with Crippen LogP contribution in [0.25, 0.3) is 0 Å². The number of halogens is 6. The molecule has 0 fully saturated rings. The second kappa shape index (κ2) is 9.25. The molecular formula is C20H18F6N4O3. The maximum atomic E-state index is 12.9. The van der Waals surface area contributed by atoms with E-state index in [1.54, 1.807) is 11.0 Å². The van der Waals surface area contributed by atoms with Crippen LogP contribution in [0.15, 0.2) is 47.0 Å². The van der Waals surface area contributed by atoms with E-state index in [0.29, 0.717) is 24.0 Å². The van der Waals surface area contributed by atoms with Gasteiger partial charge < -0.3 is 9.88 Å². The molecule has 3 heterocycles. The number of aromatic amines is 1. The molecule has 33 heavy (non-hydrogen) atoms. The number of hydrogen-bond donors (Lipinski definition) is 2. The van der Waals surface area contributed by atoms with Gasteiger partial charge in [-0.3, -0.25) is 14.4 Å². The minimum Gasteiger partial charge on any atom is -0.353 e. The molecule has 7 nitrogen and oxygen atoms in total. The Labute approximate surface area is 183 Å². The van der Waals surface area contributed by atoms with Gasteiger partial charge in [0.25, 0.3) is 11.5 Å².